The lowest BCUT2D eigenvalue weighted by molar-refractivity contribution is 0.0281. The van der Waals surface area contributed by atoms with Crippen LogP contribution in [0.1, 0.15) is 24.2 Å². The fourth-order valence-electron chi connectivity index (χ4n) is 1.43. The van der Waals surface area contributed by atoms with Gasteiger partial charge in [0.05, 0.1) is 18.0 Å². The Hall–Kier alpha value is -1.74. The van der Waals surface area contributed by atoms with Crippen LogP contribution in [0.5, 0.6) is 5.75 Å². The van der Waals surface area contributed by atoms with Crippen LogP contribution in [0.3, 0.4) is 0 Å². The van der Waals surface area contributed by atoms with E-state index in [4.69, 9.17) is 9.84 Å². The zero-order valence-electron chi connectivity index (χ0n) is 11.4. The Morgan fingerprint density at radius 2 is 2.05 bits per heavy atom. The molecule has 0 fully saturated rings. The molecule has 0 aromatic heterocycles. The summed E-state index contributed by atoms with van der Waals surface area (Å²) in [6.45, 7) is 1.33. The van der Waals surface area contributed by atoms with E-state index in [0.29, 0.717) is 6.92 Å². The van der Waals surface area contributed by atoms with Gasteiger partial charge in [-0.05, 0) is 25.1 Å². The van der Waals surface area contributed by atoms with Crippen molar-refractivity contribution >= 4 is 16.0 Å². The molecule has 1 aromatic carbocycles. The minimum Gasteiger partial charge on any atom is -0.493 e. The molecule has 0 aliphatic heterocycles. The molecule has 0 radical (unpaired) electrons. The van der Waals surface area contributed by atoms with E-state index in [2.05, 4.69) is 0 Å². The minimum absolute atomic E-state index is 0.00442. The molecule has 0 saturated heterocycles. The number of benzene rings is 1. The lowest BCUT2D eigenvalue weighted by atomic mass is 10.2. The van der Waals surface area contributed by atoms with Crippen LogP contribution in [0.25, 0.3) is 0 Å². The van der Waals surface area contributed by atoms with E-state index in [1.807, 2.05) is 0 Å². The van der Waals surface area contributed by atoms with Gasteiger partial charge in [0.2, 0.25) is 10.0 Å². The second-order valence-corrected chi connectivity index (χ2v) is 6.06. The number of sulfonamides is 1. The van der Waals surface area contributed by atoms with Crippen molar-refractivity contribution in [1.29, 1.82) is 0 Å². The number of hydrogen-bond acceptors (Lipinski definition) is 4. The average Bonchev–Trinajstić information content (AvgIpc) is 2.36. The first kappa shape index (κ1) is 17.3. The predicted molar refractivity (Wildman–Crippen MR) is 70.4 cm³/mol. The number of ether oxygens (including phenoxy) is 1. The van der Waals surface area contributed by atoms with Crippen LogP contribution in [0.2, 0.25) is 0 Å². The monoisotopic (exact) mass is 323 g/mol. The third-order valence-corrected chi connectivity index (χ3v) is 3.76. The van der Waals surface area contributed by atoms with E-state index in [9.17, 15) is 22.0 Å². The van der Waals surface area contributed by atoms with Gasteiger partial charge in [0.25, 0.3) is 5.92 Å². The summed E-state index contributed by atoms with van der Waals surface area (Å²) in [6.07, 6.45) is 0. The third kappa shape index (κ3) is 4.94. The van der Waals surface area contributed by atoms with Crippen molar-refractivity contribution in [2.24, 2.45) is 0 Å². The summed E-state index contributed by atoms with van der Waals surface area (Å²) in [5.41, 5.74) is -0.358. The van der Waals surface area contributed by atoms with Crippen LogP contribution < -0.4 is 9.46 Å². The summed E-state index contributed by atoms with van der Waals surface area (Å²) < 4.78 is 55.9. The Morgan fingerprint density at radius 1 is 1.43 bits per heavy atom. The summed E-state index contributed by atoms with van der Waals surface area (Å²) in [7, 11) is -4.23. The molecule has 0 heterocycles. The third-order valence-electron chi connectivity index (χ3n) is 2.36. The lowest BCUT2D eigenvalue weighted by Crippen LogP contribution is -2.34. The van der Waals surface area contributed by atoms with Crippen molar-refractivity contribution < 1.29 is 31.8 Å². The maximum Gasteiger partial charge on any atom is 0.339 e. The van der Waals surface area contributed by atoms with Gasteiger partial charge in [-0.1, -0.05) is 0 Å². The van der Waals surface area contributed by atoms with Gasteiger partial charge in [-0.2, -0.15) is 0 Å². The van der Waals surface area contributed by atoms with Crippen molar-refractivity contribution in [2.45, 2.75) is 24.7 Å². The van der Waals surface area contributed by atoms with Gasteiger partial charge in [0.15, 0.2) is 0 Å². The number of carbonyl (C=O) groups is 1. The first-order valence-electron chi connectivity index (χ1n) is 5.94. The van der Waals surface area contributed by atoms with Gasteiger partial charge in [-0.15, -0.1) is 0 Å². The zero-order chi connectivity index (χ0) is 16.3. The van der Waals surface area contributed by atoms with Crippen LogP contribution in [-0.2, 0) is 10.0 Å². The van der Waals surface area contributed by atoms with E-state index in [0.717, 1.165) is 12.1 Å². The fourth-order valence-corrected chi connectivity index (χ4v) is 2.56. The maximum absolute atomic E-state index is 12.7. The van der Waals surface area contributed by atoms with Crippen molar-refractivity contribution in [2.75, 3.05) is 13.2 Å². The minimum atomic E-state index is -4.23. The number of aromatic carboxylic acids is 1. The molecule has 21 heavy (non-hydrogen) atoms. The number of nitrogens with one attached hydrogen (secondary N) is 1. The quantitative estimate of drug-likeness (QED) is 0.797. The molecule has 0 saturated carbocycles. The molecule has 0 unspecified atom stereocenters. The SMILES string of the molecule is CCOc1ccc(S(=O)(=O)NCC(C)(F)F)cc1C(=O)O. The Morgan fingerprint density at radius 3 is 2.52 bits per heavy atom. The van der Waals surface area contributed by atoms with E-state index in [-0.39, 0.29) is 17.9 Å². The molecular weight excluding hydrogens is 308 g/mol. The van der Waals surface area contributed by atoms with Crippen molar-refractivity contribution in [3.63, 3.8) is 0 Å². The van der Waals surface area contributed by atoms with Gasteiger partial charge in [-0.25, -0.2) is 26.7 Å². The molecule has 0 aliphatic rings. The van der Waals surface area contributed by atoms with Crippen LogP contribution in [-0.4, -0.2) is 38.6 Å². The summed E-state index contributed by atoms with van der Waals surface area (Å²) in [6, 6.07) is 3.13. The Labute approximate surface area is 120 Å². The lowest BCUT2D eigenvalue weighted by Gasteiger charge is -2.13. The highest BCUT2D eigenvalue weighted by molar-refractivity contribution is 7.89. The van der Waals surface area contributed by atoms with Crippen LogP contribution in [0.15, 0.2) is 23.1 Å². The largest absolute Gasteiger partial charge is 0.493 e. The van der Waals surface area contributed by atoms with Crippen molar-refractivity contribution in [3.8, 4) is 5.75 Å². The zero-order valence-corrected chi connectivity index (χ0v) is 12.2. The van der Waals surface area contributed by atoms with Gasteiger partial charge >= 0.3 is 5.97 Å². The Kier molecular flexibility index (Phi) is 5.24. The highest BCUT2D eigenvalue weighted by Gasteiger charge is 2.26. The topological polar surface area (TPSA) is 92.7 Å². The molecule has 1 rings (SSSR count). The molecule has 9 heteroatoms. The smallest absolute Gasteiger partial charge is 0.339 e. The second-order valence-electron chi connectivity index (χ2n) is 4.29. The Bertz CT molecular complexity index is 625. The van der Waals surface area contributed by atoms with Crippen molar-refractivity contribution in [1.82, 2.24) is 4.72 Å². The van der Waals surface area contributed by atoms with E-state index >= 15 is 0 Å². The number of alkyl halides is 2. The molecule has 2 N–H and O–H groups in total. The molecule has 1 aromatic rings. The molecule has 6 nitrogen and oxygen atoms in total. The normalized spacial score (nSPS) is 12.2. The van der Waals surface area contributed by atoms with Crippen LogP contribution >= 0.6 is 0 Å². The number of hydrogen-bond donors (Lipinski definition) is 2. The summed E-state index contributed by atoms with van der Waals surface area (Å²) in [5.74, 6) is -4.59. The van der Waals surface area contributed by atoms with E-state index in [1.54, 1.807) is 11.6 Å². The number of carboxylic acid groups (broad SMARTS) is 1. The number of halogens is 2. The molecule has 0 aliphatic carbocycles. The molecule has 0 spiro atoms. The molecule has 0 atom stereocenters. The van der Waals surface area contributed by atoms with Crippen molar-refractivity contribution in [3.05, 3.63) is 23.8 Å². The Balaban J connectivity index is 3.13. The highest BCUT2D eigenvalue weighted by atomic mass is 32.2. The number of carboxylic acids is 1. The van der Waals surface area contributed by atoms with Gasteiger partial charge < -0.3 is 9.84 Å². The summed E-state index contributed by atoms with van der Waals surface area (Å²) >= 11 is 0. The highest BCUT2D eigenvalue weighted by Crippen LogP contribution is 2.23. The molecular formula is C12H15F2NO5S. The predicted octanol–water partition coefficient (Wildman–Crippen LogP) is 1.72. The fraction of sp³-hybridized carbons (Fsp3) is 0.417. The summed E-state index contributed by atoms with van der Waals surface area (Å²) in [5, 5.41) is 9.03. The molecule has 0 bridgehead atoms. The number of rotatable bonds is 7. The van der Waals surface area contributed by atoms with Gasteiger partial charge in [-0.3, -0.25) is 0 Å². The first-order valence-corrected chi connectivity index (χ1v) is 7.43. The summed E-state index contributed by atoms with van der Waals surface area (Å²) in [4.78, 5) is 10.7. The second kappa shape index (κ2) is 6.35. The van der Waals surface area contributed by atoms with Gasteiger partial charge in [0, 0.05) is 6.92 Å². The van der Waals surface area contributed by atoms with Crippen LogP contribution in [0.4, 0.5) is 8.78 Å². The molecule has 0 amide bonds. The maximum atomic E-state index is 12.7. The van der Waals surface area contributed by atoms with Gasteiger partial charge in [0.1, 0.15) is 11.3 Å². The average molecular weight is 323 g/mol. The molecule has 118 valence electrons. The van der Waals surface area contributed by atoms with Crippen LogP contribution in [0, 0.1) is 0 Å². The standard InChI is InChI=1S/C12H15F2NO5S/c1-3-20-10-5-4-8(6-9(10)11(16)17)21(18,19)15-7-12(2,13)14/h4-6,15H,3,7H2,1-2H3,(H,16,17). The van der Waals surface area contributed by atoms with E-state index in [1.165, 1.54) is 6.07 Å². The van der Waals surface area contributed by atoms with E-state index < -0.39 is 33.4 Å². The first-order chi connectivity index (χ1) is 9.57.